The number of rotatable bonds is 3. The molecule has 2 N–H and O–H groups in total. The maximum atomic E-state index is 13.2. The van der Waals surface area contributed by atoms with Gasteiger partial charge in [-0.15, -0.1) is 0 Å². The zero-order valence-corrected chi connectivity index (χ0v) is 15.5. The lowest BCUT2D eigenvalue weighted by Crippen LogP contribution is -2.19. The van der Waals surface area contributed by atoms with Crippen molar-refractivity contribution in [2.45, 2.75) is 6.92 Å². The molecule has 0 aliphatic heterocycles. The third-order valence-electron chi connectivity index (χ3n) is 4.21. The van der Waals surface area contributed by atoms with E-state index in [4.69, 9.17) is 11.6 Å². The standard InChI is InChI=1S/C20H15ClFN5O/c1-12-18(26-19-23-8-3-9-27(12)19)13-4-2-5-14(10-13)24-20(28)25-15-6-7-17(22)16(21)11-15/h2-11H,1H3,(H2,24,25,28). The number of fused-ring (bicyclic) bond motifs is 1. The van der Waals surface area contributed by atoms with Crippen LogP contribution in [0.2, 0.25) is 5.02 Å². The van der Waals surface area contributed by atoms with Crippen LogP contribution in [0.5, 0.6) is 0 Å². The van der Waals surface area contributed by atoms with E-state index in [0.29, 0.717) is 17.2 Å². The van der Waals surface area contributed by atoms with Gasteiger partial charge in [0, 0.05) is 35.0 Å². The highest BCUT2D eigenvalue weighted by molar-refractivity contribution is 6.31. The number of carbonyl (C=O) groups excluding carboxylic acids is 1. The number of anilines is 2. The molecule has 0 bridgehead atoms. The summed E-state index contributed by atoms with van der Waals surface area (Å²) in [6.45, 7) is 1.96. The zero-order chi connectivity index (χ0) is 19.7. The SMILES string of the molecule is Cc1c(-c2cccc(NC(=O)Nc3ccc(F)c(Cl)c3)c2)nc2ncccn12. The minimum absolute atomic E-state index is 0.0595. The summed E-state index contributed by atoms with van der Waals surface area (Å²) in [6.07, 6.45) is 3.59. The van der Waals surface area contributed by atoms with Crippen LogP contribution < -0.4 is 10.6 Å². The number of carbonyl (C=O) groups is 1. The highest BCUT2D eigenvalue weighted by Gasteiger charge is 2.12. The Labute approximate surface area is 165 Å². The number of halogens is 2. The first-order chi connectivity index (χ1) is 13.5. The van der Waals surface area contributed by atoms with Crippen molar-refractivity contribution in [2.24, 2.45) is 0 Å². The van der Waals surface area contributed by atoms with Crippen LogP contribution in [0, 0.1) is 12.7 Å². The van der Waals surface area contributed by atoms with E-state index in [1.54, 1.807) is 12.3 Å². The van der Waals surface area contributed by atoms with E-state index in [1.165, 1.54) is 18.2 Å². The summed E-state index contributed by atoms with van der Waals surface area (Å²) in [5.41, 5.74) is 3.57. The molecule has 140 valence electrons. The fourth-order valence-corrected chi connectivity index (χ4v) is 3.07. The number of nitrogens with zero attached hydrogens (tertiary/aromatic N) is 3. The second-order valence-corrected chi connectivity index (χ2v) is 6.53. The van der Waals surface area contributed by atoms with Crippen LogP contribution in [0.25, 0.3) is 17.0 Å². The van der Waals surface area contributed by atoms with Crippen LogP contribution in [0.1, 0.15) is 5.69 Å². The number of hydrogen-bond donors (Lipinski definition) is 2. The average molecular weight is 396 g/mol. The molecule has 8 heteroatoms. The van der Waals surface area contributed by atoms with Crippen LogP contribution in [-0.4, -0.2) is 20.4 Å². The van der Waals surface area contributed by atoms with Gasteiger partial charge >= 0.3 is 6.03 Å². The van der Waals surface area contributed by atoms with Gasteiger partial charge in [0.1, 0.15) is 5.82 Å². The molecule has 0 saturated carbocycles. The van der Waals surface area contributed by atoms with Crippen molar-refractivity contribution in [3.05, 3.63) is 77.5 Å². The number of hydrogen-bond acceptors (Lipinski definition) is 3. The van der Waals surface area contributed by atoms with Crippen molar-refractivity contribution >= 4 is 34.8 Å². The Morgan fingerprint density at radius 1 is 1.11 bits per heavy atom. The summed E-state index contributed by atoms with van der Waals surface area (Å²) >= 11 is 5.73. The molecule has 0 spiro atoms. The summed E-state index contributed by atoms with van der Waals surface area (Å²) < 4.78 is 15.1. The zero-order valence-electron chi connectivity index (χ0n) is 14.8. The maximum absolute atomic E-state index is 13.2. The van der Waals surface area contributed by atoms with Gasteiger partial charge in [-0.1, -0.05) is 23.7 Å². The fraction of sp³-hybridized carbons (Fsp3) is 0.0500. The molecule has 2 amide bonds. The number of imidazole rings is 1. The second-order valence-electron chi connectivity index (χ2n) is 6.12. The molecule has 0 fully saturated rings. The summed E-state index contributed by atoms with van der Waals surface area (Å²) in [7, 11) is 0. The third-order valence-corrected chi connectivity index (χ3v) is 4.50. The van der Waals surface area contributed by atoms with Gasteiger partial charge in [0.2, 0.25) is 5.78 Å². The molecular weight excluding hydrogens is 381 g/mol. The van der Waals surface area contributed by atoms with Crippen LogP contribution in [-0.2, 0) is 0 Å². The number of aryl methyl sites for hydroxylation is 1. The number of urea groups is 1. The number of aromatic nitrogens is 3. The normalized spacial score (nSPS) is 10.8. The average Bonchev–Trinajstić information content (AvgIpc) is 3.02. The predicted octanol–water partition coefficient (Wildman–Crippen LogP) is 5.14. The highest BCUT2D eigenvalue weighted by atomic mass is 35.5. The first kappa shape index (κ1) is 17.9. The first-order valence-corrected chi connectivity index (χ1v) is 8.82. The van der Waals surface area contributed by atoms with Crippen molar-refractivity contribution in [1.82, 2.24) is 14.4 Å². The molecule has 0 aliphatic rings. The Morgan fingerprint density at radius 3 is 2.64 bits per heavy atom. The largest absolute Gasteiger partial charge is 0.323 e. The molecule has 0 radical (unpaired) electrons. The van der Waals surface area contributed by atoms with Crippen LogP contribution in [0.15, 0.2) is 60.9 Å². The van der Waals surface area contributed by atoms with Gasteiger partial charge in [0.15, 0.2) is 0 Å². The van der Waals surface area contributed by atoms with Gasteiger partial charge in [0.25, 0.3) is 0 Å². The lowest BCUT2D eigenvalue weighted by atomic mass is 10.1. The van der Waals surface area contributed by atoms with E-state index in [2.05, 4.69) is 20.6 Å². The molecule has 0 atom stereocenters. The molecule has 2 aromatic heterocycles. The van der Waals surface area contributed by atoms with Crippen molar-refractivity contribution in [3.63, 3.8) is 0 Å². The Hall–Kier alpha value is -3.45. The minimum Gasteiger partial charge on any atom is -0.308 e. The quantitative estimate of drug-likeness (QED) is 0.504. The summed E-state index contributed by atoms with van der Waals surface area (Å²) in [5, 5.41) is 5.31. The number of nitrogens with one attached hydrogen (secondary N) is 2. The van der Waals surface area contributed by atoms with Crippen molar-refractivity contribution < 1.29 is 9.18 Å². The fourth-order valence-electron chi connectivity index (χ4n) is 2.89. The lowest BCUT2D eigenvalue weighted by Gasteiger charge is -2.09. The minimum atomic E-state index is -0.544. The van der Waals surface area contributed by atoms with Gasteiger partial charge in [-0.05, 0) is 43.3 Å². The van der Waals surface area contributed by atoms with Crippen molar-refractivity contribution in [2.75, 3.05) is 10.6 Å². The Kier molecular flexibility index (Phi) is 4.67. The van der Waals surface area contributed by atoms with Crippen molar-refractivity contribution in [1.29, 1.82) is 0 Å². The molecule has 28 heavy (non-hydrogen) atoms. The molecule has 4 rings (SSSR count). The van der Waals surface area contributed by atoms with E-state index in [9.17, 15) is 9.18 Å². The molecular formula is C20H15ClFN5O. The maximum Gasteiger partial charge on any atom is 0.323 e. The van der Waals surface area contributed by atoms with Gasteiger partial charge in [-0.25, -0.2) is 19.2 Å². The Balaban J connectivity index is 1.55. The summed E-state index contributed by atoms with van der Waals surface area (Å²) in [6, 6.07) is 12.7. The van der Waals surface area contributed by atoms with E-state index >= 15 is 0 Å². The third kappa shape index (κ3) is 3.52. The predicted molar refractivity (Wildman–Crippen MR) is 107 cm³/mol. The van der Waals surface area contributed by atoms with E-state index < -0.39 is 11.8 Å². The molecule has 4 aromatic rings. The molecule has 2 heterocycles. The Morgan fingerprint density at radius 2 is 1.89 bits per heavy atom. The van der Waals surface area contributed by atoms with E-state index in [1.807, 2.05) is 41.8 Å². The number of amides is 2. The molecule has 0 saturated heterocycles. The van der Waals surface area contributed by atoms with Gasteiger partial charge in [0.05, 0.1) is 10.7 Å². The van der Waals surface area contributed by atoms with E-state index in [0.717, 1.165) is 17.0 Å². The molecule has 6 nitrogen and oxygen atoms in total. The van der Waals surface area contributed by atoms with Crippen molar-refractivity contribution in [3.8, 4) is 11.3 Å². The monoisotopic (exact) mass is 395 g/mol. The summed E-state index contributed by atoms with van der Waals surface area (Å²) in [4.78, 5) is 21.1. The van der Waals surface area contributed by atoms with Gasteiger partial charge < -0.3 is 10.6 Å². The van der Waals surface area contributed by atoms with Crippen LogP contribution >= 0.6 is 11.6 Å². The van der Waals surface area contributed by atoms with Crippen LogP contribution in [0.3, 0.4) is 0 Å². The lowest BCUT2D eigenvalue weighted by molar-refractivity contribution is 0.262. The first-order valence-electron chi connectivity index (χ1n) is 8.44. The number of benzene rings is 2. The van der Waals surface area contributed by atoms with Crippen LogP contribution in [0.4, 0.5) is 20.6 Å². The Bertz CT molecular complexity index is 1190. The second kappa shape index (κ2) is 7.28. The topological polar surface area (TPSA) is 71.3 Å². The highest BCUT2D eigenvalue weighted by Crippen LogP contribution is 2.26. The smallest absolute Gasteiger partial charge is 0.308 e. The van der Waals surface area contributed by atoms with E-state index in [-0.39, 0.29) is 5.02 Å². The summed E-state index contributed by atoms with van der Waals surface area (Å²) in [5.74, 6) is 0.0666. The molecule has 0 unspecified atom stereocenters. The van der Waals surface area contributed by atoms with Gasteiger partial charge in [-0.2, -0.15) is 0 Å². The molecule has 0 aliphatic carbocycles. The van der Waals surface area contributed by atoms with Gasteiger partial charge in [-0.3, -0.25) is 4.40 Å². The molecule has 2 aromatic carbocycles.